The van der Waals surface area contributed by atoms with Crippen LogP contribution in [0, 0.1) is 0 Å². The summed E-state index contributed by atoms with van der Waals surface area (Å²) in [7, 11) is 0. The van der Waals surface area contributed by atoms with Gasteiger partial charge in [0.05, 0.1) is 5.56 Å². The van der Waals surface area contributed by atoms with Crippen molar-refractivity contribution in [2.24, 2.45) is 0 Å². The van der Waals surface area contributed by atoms with E-state index in [0.29, 0.717) is 0 Å². The zero-order valence-electron chi connectivity index (χ0n) is 13.1. The number of carboxylic acid groups (broad SMARTS) is 1. The Morgan fingerprint density at radius 1 is 0.960 bits per heavy atom. The first-order valence-electron chi connectivity index (χ1n) is 7.28. The van der Waals surface area contributed by atoms with Gasteiger partial charge in [-0.05, 0) is 12.1 Å². The lowest BCUT2D eigenvalue weighted by atomic mass is 9.83. The van der Waals surface area contributed by atoms with E-state index in [-0.39, 0.29) is 39.5 Å². The molecule has 7 nitrogen and oxygen atoms in total. The van der Waals surface area contributed by atoms with Crippen LogP contribution in [0.3, 0.4) is 0 Å². The van der Waals surface area contributed by atoms with Gasteiger partial charge < -0.3 is 14.6 Å². The summed E-state index contributed by atoms with van der Waals surface area (Å²) in [5, 5.41) is 8.76. The number of benzene rings is 2. The number of hydrogen-bond acceptors (Lipinski definition) is 6. The number of ether oxygens (including phenoxy) is 2. The summed E-state index contributed by atoms with van der Waals surface area (Å²) in [6.07, 6.45) is 0. The van der Waals surface area contributed by atoms with Crippen molar-refractivity contribution in [2.75, 3.05) is 6.61 Å². The quantitative estimate of drug-likeness (QED) is 0.570. The number of aliphatic carboxylic acids is 1. The Kier molecular flexibility index (Phi) is 4.06. The molecule has 0 amide bonds. The van der Waals surface area contributed by atoms with Gasteiger partial charge in [0.15, 0.2) is 29.7 Å². The van der Waals surface area contributed by atoms with Crippen molar-refractivity contribution in [3.05, 3.63) is 58.7 Å². The molecular weight excluding hydrogens is 328 g/mol. The van der Waals surface area contributed by atoms with Gasteiger partial charge >= 0.3 is 11.9 Å². The van der Waals surface area contributed by atoms with Crippen LogP contribution in [0.4, 0.5) is 0 Å². The molecule has 0 atom stereocenters. The molecule has 0 spiro atoms. The molecule has 2 aromatic rings. The van der Waals surface area contributed by atoms with E-state index in [1.807, 2.05) is 0 Å². The zero-order valence-corrected chi connectivity index (χ0v) is 13.1. The van der Waals surface area contributed by atoms with Gasteiger partial charge in [-0.1, -0.05) is 24.3 Å². The first-order valence-corrected chi connectivity index (χ1v) is 7.28. The summed E-state index contributed by atoms with van der Waals surface area (Å²) in [4.78, 5) is 47.6. The largest absolute Gasteiger partial charge is 0.479 e. The van der Waals surface area contributed by atoms with Crippen LogP contribution in [0.1, 0.15) is 38.8 Å². The van der Waals surface area contributed by atoms with Gasteiger partial charge in [-0.3, -0.25) is 14.4 Å². The van der Waals surface area contributed by atoms with Crippen LogP contribution in [-0.2, 0) is 9.59 Å². The highest BCUT2D eigenvalue weighted by Gasteiger charge is 2.34. The number of hydrogen-bond donors (Lipinski definition) is 1. The Balaban J connectivity index is 2.20. The molecule has 25 heavy (non-hydrogen) atoms. The van der Waals surface area contributed by atoms with Crippen molar-refractivity contribution in [2.45, 2.75) is 6.92 Å². The smallest absolute Gasteiger partial charge is 0.341 e. The second-order valence-electron chi connectivity index (χ2n) is 5.30. The molecule has 1 aliphatic rings. The molecule has 0 bridgehead atoms. The van der Waals surface area contributed by atoms with Gasteiger partial charge in [0.1, 0.15) is 0 Å². The predicted octanol–water partition coefficient (Wildman–Crippen LogP) is 1.85. The number of carbonyl (C=O) groups excluding carboxylic acids is 3. The lowest BCUT2D eigenvalue weighted by Crippen LogP contribution is -2.23. The summed E-state index contributed by atoms with van der Waals surface area (Å²) in [5.41, 5.74) is 0.404. The van der Waals surface area contributed by atoms with Crippen LogP contribution in [0.5, 0.6) is 11.5 Å². The van der Waals surface area contributed by atoms with Crippen molar-refractivity contribution in [3.63, 3.8) is 0 Å². The third-order valence-corrected chi connectivity index (χ3v) is 3.61. The first-order chi connectivity index (χ1) is 11.9. The average molecular weight is 340 g/mol. The molecule has 0 saturated heterocycles. The van der Waals surface area contributed by atoms with E-state index in [1.54, 1.807) is 18.2 Å². The Morgan fingerprint density at radius 2 is 1.60 bits per heavy atom. The van der Waals surface area contributed by atoms with Crippen LogP contribution in [0.2, 0.25) is 0 Å². The molecule has 1 aliphatic carbocycles. The highest BCUT2D eigenvalue weighted by Crippen LogP contribution is 2.39. The van der Waals surface area contributed by atoms with Crippen LogP contribution >= 0.6 is 0 Å². The number of carboxylic acids is 1. The highest BCUT2D eigenvalue weighted by molar-refractivity contribution is 6.29. The van der Waals surface area contributed by atoms with Crippen molar-refractivity contribution in [1.29, 1.82) is 0 Å². The summed E-state index contributed by atoms with van der Waals surface area (Å²) >= 11 is 0. The molecule has 0 aliphatic heterocycles. The summed E-state index contributed by atoms with van der Waals surface area (Å²) in [5.74, 6) is -3.20. The number of fused-ring (bicyclic) bond motifs is 2. The lowest BCUT2D eigenvalue weighted by molar-refractivity contribution is -0.139. The van der Waals surface area contributed by atoms with Gasteiger partial charge in [0.25, 0.3) is 0 Å². The van der Waals surface area contributed by atoms with Crippen LogP contribution in [0.15, 0.2) is 36.4 Å². The molecule has 1 N–H and O–H groups in total. The Morgan fingerprint density at radius 3 is 2.20 bits per heavy atom. The minimum Gasteiger partial charge on any atom is -0.479 e. The van der Waals surface area contributed by atoms with Gasteiger partial charge in [-0.15, -0.1) is 0 Å². The topological polar surface area (TPSA) is 107 Å². The number of esters is 1. The Hall–Kier alpha value is -3.48. The van der Waals surface area contributed by atoms with Gasteiger partial charge in [-0.2, -0.15) is 0 Å². The summed E-state index contributed by atoms with van der Waals surface area (Å²) in [6.45, 7) is 0.440. The molecule has 0 fully saturated rings. The van der Waals surface area contributed by atoms with E-state index in [4.69, 9.17) is 14.6 Å². The maximum Gasteiger partial charge on any atom is 0.341 e. The van der Waals surface area contributed by atoms with E-state index in [1.165, 1.54) is 18.2 Å². The van der Waals surface area contributed by atoms with E-state index >= 15 is 0 Å². The van der Waals surface area contributed by atoms with E-state index in [2.05, 4.69) is 0 Å². The SMILES string of the molecule is CC(=O)Oc1c(OCC(=O)O)ccc2c1C(=O)c1ccccc1C2=O. The van der Waals surface area contributed by atoms with Crippen LogP contribution in [0.25, 0.3) is 0 Å². The highest BCUT2D eigenvalue weighted by atomic mass is 16.6. The third-order valence-electron chi connectivity index (χ3n) is 3.61. The maximum atomic E-state index is 12.8. The van der Waals surface area contributed by atoms with Crippen molar-refractivity contribution < 1.29 is 33.8 Å². The molecule has 126 valence electrons. The van der Waals surface area contributed by atoms with Crippen molar-refractivity contribution >= 4 is 23.5 Å². The minimum atomic E-state index is -1.24. The first kappa shape index (κ1) is 16.4. The third kappa shape index (κ3) is 2.87. The fourth-order valence-corrected chi connectivity index (χ4v) is 2.64. The molecule has 0 aromatic heterocycles. The molecule has 0 radical (unpaired) electrons. The summed E-state index contributed by atoms with van der Waals surface area (Å²) < 4.78 is 10.2. The van der Waals surface area contributed by atoms with Crippen molar-refractivity contribution in [3.8, 4) is 11.5 Å². The predicted molar refractivity (Wildman–Crippen MR) is 84.2 cm³/mol. The van der Waals surface area contributed by atoms with E-state index in [0.717, 1.165) is 6.92 Å². The zero-order chi connectivity index (χ0) is 18.1. The number of carbonyl (C=O) groups is 4. The molecule has 2 aromatic carbocycles. The average Bonchev–Trinajstić information content (AvgIpc) is 2.57. The van der Waals surface area contributed by atoms with E-state index < -0.39 is 24.3 Å². The van der Waals surface area contributed by atoms with Crippen LogP contribution < -0.4 is 9.47 Å². The molecule has 0 unspecified atom stereocenters. The van der Waals surface area contributed by atoms with Gasteiger partial charge in [0, 0.05) is 23.6 Å². The normalized spacial score (nSPS) is 12.2. The summed E-state index contributed by atoms with van der Waals surface area (Å²) in [6, 6.07) is 8.96. The van der Waals surface area contributed by atoms with Gasteiger partial charge in [0.2, 0.25) is 0 Å². The molecule has 0 saturated carbocycles. The lowest BCUT2D eigenvalue weighted by Gasteiger charge is -2.21. The van der Waals surface area contributed by atoms with Crippen molar-refractivity contribution in [1.82, 2.24) is 0 Å². The maximum absolute atomic E-state index is 12.8. The molecular formula is C18H12O7. The Labute approximate surface area is 141 Å². The fourth-order valence-electron chi connectivity index (χ4n) is 2.64. The standard InChI is InChI=1S/C18H12O7/c1-9(19)25-18-13(24-8-14(20)21)7-6-12-15(18)17(23)11-5-3-2-4-10(11)16(12)22/h2-7H,8H2,1H3,(H,20,21). The molecule has 0 heterocycles. The second-order valence-corrected chi connectivity index (χ2v) is 5.30. The molecule has 7 heteroatoms. The van der Waals surface area contributed by atoms with Crippen LogP contribution in [-0.4, -0.2) is 35.2 Å². The number of rotatable bonds is 4. The fraction of sp³-hybridized carbons (Fsp3) is 0.111. The molecule has 3 rings (SSSR count). The Bertz CT molecular complexity index is 927. The van der Waals surface area contributed by atoms with E-state index in [9.17, 15) is 19.2 Å². The minimum absolute atomic E-state index is 0.0719. The monoisotopic (exact) mass is 340 g/mol. The van der Waals surface area contributed by atoms with Gasteiger partial charge in [-0.25, -0.2) is 4.79 Å². The number of ketones is 2. The second kappa shape index (κ2) is 6.20.